The predicted molar refractivity (Wildman–Crippen MR) is 81.0 cm³/mol. The molecule has 3 N–H and O–H groups in total. The Bertz CT molecular complexity index is 836. The largest absolute Gasteiger partial charge is 0.496 e. The van der Waals surface area contributed by atoms with Gasteiger partial charge >= 0.3 is 0 Å². The Morgan fingerprint density at radius 3 is 2.86 bits per heavy atom. The highest BCUT2D eigenvalue weighted by molar-refractivity contribution is 7.89. The molecule has 9 heteroatoms. The fraction of sp³-hybridized carbons (Fsp3) is 0.167. The summed E-state index contributed by atoms with van der Waals surface area (Å²) in [4.78, 5) is -0.0302. The molecule has 0 aliphatic rings. The molecule has 0 saturated carbocycles. The summed E-state index contributed by atoms with van der Waals surface area (Å²) in [6.45, 7) is 4.08. The van der Waals surface area contributed by atoms with Gasteiger partial charge in [-0.1, -0.05) is 6.08 Å². The van der Waals surface area contributed by atoms with Gasteiger partial charge in [-0.05, 0) is 30.4 Å². The minimum absolute atomic E-state index is 0.0302. The molecule has 1 aromatic heterocycles. The van der Waals surface area contributed by atoms with Crippen LogP contribution in [-0.4, -0.2) is 30.3 Å². The number of nitrogens with two attached hydrogens (primary N) is 1. The van der Waals surface area contributed by atoms with Gasteiger partial charge in [-0.15, -0.1) is 6.58 Å². The van der Waals surface area contributed by atoms with Crippen molar-refractivity contribution in [1.82, 2.24) is 14.8 Å². The molecule has 21 heavy (non-hydrogen) atoms. The first-order valence-electron chi connectivity index (χ1n) is 5.85. The topological polar surface area (TPSA) is 103 Å². The lowest BCUT2D eigenvalue weighted by molar-refractivity contribution is 0.415. The lowest BCUT2D eigenvalue weighted by Gasteiger charge is -2.10. The van der Waals surface area contributed by atoms with Crippen molar-refractivity contribution in [1.29, 1.82) is 0 Å². The predicted octanol–water partition coefficient (Wildman–Crippen LogP) is 1.45. The highest BCUT2D eigenvalue weighted by Gasteiger charge is 2.17. The molecular weight excluding hydrogens is 312 g/mol. The number of hydrogen-bond donors (Lipinski definition) is 2. The first-order valence-corrected chi connectivity index (χ1v) is 7.81. The number of nitrogens with one attached hydrogen (secondary N) is 1. The summed E-state index contributed by atoms with van der Waals surface area (Å²) in [7, 11) is -2.34. The Labute approximate surface area is 127 Å². The number of allylic oxidation sites excluding steroid dienone is 1. The Balaban J connectivity index is 2.73. The van der Waals surface area contributed by atoms with Gasteiger partial charge in [-0.2, -0.15) is 5.10 Å². The van der Waals surface area contributed by atoms with E-state index in [-0.39, 0.29) is 4.90 Å². The van der Waals surface area contributed by atoms with Crippen molar-refractivity contribution < 1.29 is 13.2 Å². The van der Waals surface area contributed by atoms with Crippen LogP contribution in [0.25, 0.3) is 11.4 Å². The van der Waals surface area contributed by atoms with E-state index in [0.29, 0.717) is 28.5 Å². The molecule has 0 fully saturated rings. The summed E-state index contributed by atoms with van der Waals surface area (Å²) in [5.74, 6) is 0.906. The quantitative estimate of drug-likeness (QED) is 0.639. The van der Waals surface area contributed by atoms with Crippen LogP contribution < -0.4 is 9.88 Å². The fourth-order valence-electron chi connectivity index (χ4n) is 1.86. The molecule has 0 spiro atoms. The molecule has 0 aliphatic carbocycles. The Hall–Kier alpha value is -1.97. The molecule has 112 valence electrons. The lowest BCUT2D eigenvalue weighted by Crippen LogP contribution is -2.12. The van der Waals surface area contributed by atoms with Crippen LogP contribution in [0.1, 0.15) is 0 Å². The molecule has 0 bridgehead atoms. The Kier molecular flexibility index (Phi) is 4.26. The van der Waals surface area contributed by atoms with Crippen LogP contribution >= 0.6 is 12.2 Å². The summed E-state index contributed by atoms with van der Waals surface area (Å²) >= 11 is 5.14. The Morgan fingerprint density at radius 1 is 1.57 bits per heavy atom. The van der Waals surface area contributed by atoms with Gasteiger partial charge in [0, 0.05) is 6.54 Å². The third kappa shape index (κ3) is 3.04. The zero-order valence-corrected chi connectivity index (χ0v) is 12.9. The average molecular weight is 326 g/mol. The van der Waals surface area contributed by atoms with E-state index in [1.54, 1.807) is 10.6 Å². The summed E-state index contributed by atoms with van der Waals surface area (Å²) in [5.41, 5.74) is 0.471. The van der Waals surface area contributed by atoms with Gasteiger partial charge in [0.15, 0.2) is 10.6 Å². The normalized spacial score (nSPS) is 11.3. The molecule has 0 amide bonds. The van der Waals surface area contributed by atoms with Crippen LogP contribution in [0.3, 0.4) is 0 Å². The maximum atomic E-state index is 11.5. The van der Waals surface area contributed by atoms with Crippen LogP contribution in [0.5, 0.6) is 5.75 Å². The second kappa shape index (κ2) is 5.80. The number of ether oxygens (including phenoxy) is 1. The van der Waals surface area contributed by atoms with Crippen molar-refractivity contribution in [3.05, 3.63) is 35.6 Å². The number of benzene rings is 1. The molecule has 0 saturated heterocycles. The molecule has 0 atom stereocenters. The van der Waals surface area contributed by atoms with Gasteiger partial charge < -0.3 is 4.74 Å². The van der Waals surface area contributed by atoms with E-state index in [1.807, 2.05) is 0 Å². The van der Waals surface area contributed by atoms with Crippen molar-refractivity contribution in [2.45, 2.75) is 11.4 Å². The average Bonchev–Trinajstić information content (AvgIpc) is 2.79. The van der Waals surface area contributed by atoms with Crippen LogP contribution in [0.2, 0.25) is 0 Å². The van der Waals surface area contributed by atoms with Crippen molar-refractivity contribution in [2.24, 2.45) is 5.14 Å². The zero-order valence-electron chi connectivity index (χ0n) is 11.2. The van der Waals surface area contributed by atoms with Crippen LogP contribution in [0, 0.1) is 4.77 Å². The van der Waals surface area contributed by atoms with Gasteiger partial charge in [-0.25, -0.2) is 13.6 Å². The molecule has 7 nitrogen and oxygen atoms in total. The van der Waals surface area contributed by atoms with Crippen molar-refractivity contribution >= 4 is 22.2 Å². The van der Waals surface area contributed by atoms with E-state index < -0.39 is 10.0 Å². The van der Waals surface area contributed by atoms with Gasteiger partial charge in [0.05, 0.1) is 17.6 Å². The zero-order chi connectivity index (χ0) is 15.6. The number of primary sulfonamides is 1. The molecule has 2 rings (SSSR count). The number of nitrogens with zero attached hydrogens (tertiary/aromatic N) is 2. The first-order chi connectivity index (χ1) is 9.88. The molecule has 0 unspecified atom stereocenters. The smallest absolute Gasteiger partial charge is 0.238 e. The standard InChI is InChI=1S/C12H14N4O3S2/c1-3-6-16-11(14-15-12(16)20)9-7-8(21(13,17)18)4-5-10(9)19-2/h3-5,7H,1,6H2,2H3,(H,15,20)(H2,13,17,18). The maximum Gasteiger partial charge on any atom is 0.238 e. The number of H-pyrrole nitrogens is 1. The maximum absolute atomic E-state index is 11.5. The lowest BCUT2D eigenvalue weighted by atomic mass is 10.2. The van der Waals surface area contributed by atoms with Crippen molar-refractivity contribution in [2.75, 3.05) is 7.11 Å². The molecule has 0 radical (unpaired) electrons. The molecule has 1 heterocycles. The number of sulfonamides is 1. The van der Waals surface area contributed by atoms with Crippen molar-refractivity contribution in [3.63, 3.8) is 0 Å². The number of hydrogen-bond acceptors (Lipinski definition) is 5. The fourth-order valence-corrected chi connectivity index (χ4v) is 2.61. The number of methoxy groups -OCH3 is 1. The molecule has 2 aromatic rings. The highest BCUT2D eigenvalue weighted by atomic mass is 32.2. The number of aromatic amines is 1. The minimum atomic E-state index is -3.83. The number of aromatic nitrogens is 3. The van der Waals surface area contributed by atoms with Gasteiger partial charge in [-0.3, -0.25) is 9.67 Å². The molecule has 0 aliphatic heterocycles. The highest BCUT2D eigenvalue weighted by Crippen LogP contribution is 2.30. The van der Waals surface area contributed by atoms with E-state index in [1.165, 1.54) is 25.3 Å². The van der Waals surface area contributed by atoms with E-state index in [0.717, 1.165) is 0 Å². The third-order valence-electron chi connectivity index (χ3n) is 2.81. The monoisotopic (exact) mass is 326 g/mol. The molecular formula is C12H14N4O3S2. The van der Waals surface area contributed by atoms with Gasteiger partial charge in [0.2, 0.25) is 10.0 Å². The van der Waals surface area contributed by atoms with E-state index >= 15 is 0 Å². The third-order valence-corrected chi connectivity index (χ3v) is 4.03. The minimum Gasteiger partial charge on any atom is -0.496 e. The summed E-state index contributed by atoms with van der Waals surface area (Å²) in [6.07, 6.45) is 1.66. The van der Waals surface area contributed by atoms with Gasteiger partial charge in [0.25, 0.3) is 0 Å². The summed E-state index contributed by atoms with van der Waals surface area (Å²) in [5, 5.41) is 11.9. The van der Waals surface area contributed by atoms with Crippen molar-refractivity contribution in [3.8, 4) is 17.1 Å². The van der Waals surface area contributed by atoms with Crippen LogP contribution in [-0.2, 0) is 16.6 Å². The second-order valence-corrected chi connectivity index (χ2v) is 6.11. The Morgan fingerprint density at radius 2 is 2.29 bits per heavy atom. The number of rotatable bonds is 5. The molecule has 1 aromatic carbocycles. The van der Waals surface area contributed by atoms with E-state index in [9.17, 15) is 8.42 Å². The summed E-state index contributed by atoms with van der Waals surface area (Å²) in [6, 6.07) is 4.29. The summed E-state index contributed by atoms with van der Waals surface area (Å²) < 4.78 is 30.3. The SMILES string of the molecule is C=CCn1c(-c2cc(S(N)(=O)=O)ccc2OC)n[nH]c1=S. The van der Waals surface area contributed by atoms with Crippen LogP contribution in [0.15, 0.2) is 35.7 Å². The van der Waals surface area contributed by atoms with E-state index in [4.69, 9.17) is 22.1 Å². The van der Waals surface area contributed by atoms with Gasteiger partial charge in [0.1, 0.15) is 5.75 Å². The van der Waals surface area contributed by atoms with Crippen LogP contribution in [0.4, 0.5) is 0 Å². The van der Waals surface area contributed by atoms with E-state index in [2.05, 4.69) is 16.8 Å². The first kappa shape index (κ1) is 15.4. The second-order valence-electron chi connectivity index (χ2n) is 4.16.